The molecule has 8 aromatic rings. The molecule has 6 aromatic carbocycles. The van der Waals surface area contributed by atoms with Gasteiger partial charge in [-0.25, -0.2) is 4.98 Å². The van der Waals surface area contributed by atoms with Gasteiger partial charge in [-0.15, -0.1) is 0 Å². The van der Waals surface area contributed by atoms with Crippen LogP contribution in [0.3, 0.4) is 0 Å². The van der Waals surface area contributed by atoms with Crippen molar-refractivity contribution in [3.63, 3.8) is 0 Å². The van der Waals surface area contributed by atoms with Crippen LogP contribution in [0.5, 0.6) is 0 Å². The SMILES string of the molecule is Cc1nc2ccccc2n1Cc1ccccc1CCc1c2ccccc2c(-c2ccc(-c3ccccn3)cc2)c2ccccc12. The second-order valence-corrected chi connectivity index (χ2v) is 11.7. The fourth-order valence-corrected chi connectivity index (χ4v) is 6.92. The Bertz CT molecular complexity index is 2240. The highest BCUT2D eigenvalue weighted by Crippen LogP contribution is 2.40. The Morgan fingerprint density at radius 3 is 1.84 bits per heavy atom. The normalized spacial score (nSPS) is 11.5. The maximum atomic E-state index is 4.81. The van der Waals surface area contributed by atoms with Crippen LogP contribution in [0.15, 0.2) is 146 Å². The highest BCUT2D eigenvalue weighted by Gasteiger charge is 2.16. The number of benzene rings is 6. The van der Waals surface area contributed by atoms with Gasteiger partial charge in [-0.1, -0.05) is 115 Å². The second kappa shape index (κ2) is 11.5. The number of aromatic nitrogens is 3. The molecule has 216 valence electrons. The minimum absolute atomic E-state index is 0.817. The standard InChI is InChI=1S/C42H33N3/c1-29-44-40-19-8-9-20-41(40)45(29)28-33-13-3-2-12-30(33)25-26-36-34-14-4-6-16-37(34)42(38-17-7-5-15-35(36)38)32-23-21-31(22-24-32)39-18-10-11-27-43-39/h2-24,27H,25-26,28H2,1H3. The third-order valence-corrected chi connectivity index (χ3v) is 9.11. The molecule has 0 fully saturated rings. The summed E-state index contributed by atoms with van der Waals surface area (Å²) in [5.74, 6) is 1.05. The molecule has 0 unspecified atom stereocenters. The largest absolute Gasteiger partial charge is 0.324 e. The van der Waals surface area contributed by atoms with Crippen LogP contribution in [0.25, 0.3) is 55.0 Å². The summed E-state index contributed by atoms with van der Waals surface area (Å²) in [4.78, 5) is 9.36. The maximum absolute atomic E-state index is 4.81. The van der Waals surface area contributed by atoms with E-state index in [2.05, 4.69) is 144 Å². The summed E-state index contributed by atoms with van der Waals surface area (Å²) < 4.78 is 2.34. The van der Waals surface area contributed by atoms with E-state index in [4.69, 9.17) is 4.98 Å². The summed E-state index contributed by atoms with van der Waals surface area (Å²) in [7, 11) is 0. The average molecular weight is 580 g/mol. The van der Waals surface area contributed by atoms with Gasteiger partial charge in [-0.2, -0.15) is 0 Å². The third-order valence-electron chi connectivity index (χ3n) is 9.11. The molecule has 0 amide bonds. The van der Waals surface area contributed by atoms with Crippen molar-refractivity contribution in [1.82, 2.24) is 14.5 Å². The summed E-state index contributed by atoms with van der Waals surface area (Å²) in [6.45, 7) is 2.92. The number of aryl methyl sites for hydroxylation is 3. The van der Waals surface area contributed by atoms with E-state index >= 15 is 0 Å². The summed E-state index contributed by atoms with van der Waals surface area (Å²) in [5.41, 5.74) is 11.0. The number of nitrogens with zero attached hydrogens (tertiary/aromatic N) is 3. The second-order valence-electron chi connectivity index (χ2n) is 11.7. The van der Waals surface area contributed by atoms with Crippen molar-refractivity contribution < 1.29 is 0 Å². The molecule has 0 N–H and O–H groups in total. The van der Waals surface area contributed by atoms with Gasteiger partial charge in [0.15, 0.2) is 0 Å². The van der Waals surface area contributed by atoms with Crippen molar-refractivity contribution >= 4 is 32.6 Å². The Balaban J connectivity index is 1.19. The predicted octanol–water partition coefficient (Wildman–Crippen LogP) is 10.2. The molecule has 0 aliphatic rings. The quantitative estimate of drug-likeness (QED) is 0.176. The van der Waals surface area contributed by atoms with Crippen molar-refractivity contribution in [2.75, 3.05) is 0 Å². The van der Waals surface area contributed by atoms with E-state index in [1.807, 2.05) is 18.3 Å². The molecule has 45 heavy (non-hydrogen) atoms. The summed E-state index contributed by atoms with van der Waals surface area (Å²) in [5, 5.41) is 5.25. The lowest BCUT2D eigenvalue weighted by molar-refractivity contribution is 0.772. The van der Waals surface area contributed by atoms with E-state index < -0.39 is 0 Å². The Labute approximate surface area is 263 Å². The molecule has 3 heteroatoms. The first-order chi connectivity index (χ1) is 22.2. The van der Waals surface area contributed by atoms with Gasteiger partial charge in [0.05, 0.1) is 16.7 Å². The smallest absolute Gasteiger partial charge is 0.107 e. The van der Waals surface area contributed by atoms with Gasteiger partial charge in [0.25, 0.3) is 0 Å². The van der Waals surface area contributed by atoms with E-state index in [0.717, 1.165) is 42.0 Å². The van der Waals surface area contributed by atoms with Crippen LogP contribution in [0.1, 0.15) is 22.5 Å². The molecule has 2 heterocycles. The monoisotopic (exact) mass is 579 g/mol. The minimum Gasteiger partial charge on any atom is -0.324 e. The molecule has 0 aliphatic carbocycles. The molecule has 0 aliphatic heterocycles. The third kappa shape index (κ3) is 4.97. The maximum Gasteiger partial charge on any atom is 0.107 e. The van der Waals surface area contributed by atoms with Crippen molar-refractivity contribution in [1.29, 1.82) is 0 Å². The van der Waals surface area contributed by atoms with E-state index in [1.165, 1.54) is 54.9 Å². The topological polar surface area (TPSA) is 30.7 Å². The molecular weight excluding hydrogens is 546 g/mol. The molecule has 0 atom stereocenters. The predicted molar refractivity (Wildman–Crippen MR) is 188 cm³/mol. The van der Waals surface area contributed by atoms with E-state index in [9.17, 15) is 0 Å². The average Bonchev–Trinajstić information content (AvgIpc) is 3.42. The van der Waals surface area contributed by atoms with Gasteiger partial charge in [0.2, 0.25) is 0 Å². The zero-order chi connectivity index (χ0) is 30.2. The van der Waals surface area contributed by atoms with Crippen molar-refractivity contribution in [2.45, 2.75) is 26.3 Å². The number of hydrogen-bond acceptors (Lipinski definition) is 2. The number of rotatable bonds is 7. The summed E-state index contributed by atoms with van der Waals surface area (Å²) in [6.07, 6.45) is 3.77. The molecule has 8 rings (SSSR count). The van der Waals surface area contributed by atoms with Crippen molar-refractivity contribution in [3.05, 3.63) is 168 Å². The summed E-state index contributed by atoms with van der Waals surface area (Å²) in [6, 6.07) is 50.1. The Morgan fingerprint density at radius 1 is 0.533 bits per heavy atom. The van der Waals surface area contributed by atoms with Gasteiger partial charge < -0.3 is 4.57 Å². The van der Waals surface area contributed by atoms with E-state index in [1.54, 1.807) is 0 Å². The highest BCUT2D eigenvalue weighted by atomic mass is 15.1. The molecule has 0 saturated heterocycles. The fourth-order valence-electron chi connectivity index (χ4n) is 6.92. The van der Waals surface area contributed by atoms with E-state index in [0.29, 0.717) is 0 Å². The number of fused-ring (bicyclic) bond motifs is 3. The number of imidazole rings is 1. The minimum atomic E-state index is 0.817. The number of hydrogen-bond donors (Lipinski definition) is 0. The molecular formula is C42H33N3. The zero-order valence-electron chi connectivity index (χ0n) is 25.3. The number of pyridine rings is 1. The van der Waals surface area contributed by atoms with Gasteiger partial charge in [-0.05, 0) is 93.4 Å². The Morgan fingerprint density at radius 2 is 1.13 bits per heavy atom. The molecule has 0 bridgehead atoms. The lowest BCUT2D eigenvalue weighted by atomic mass is 9.86. The Kier molecular flexibility index (Phi) is 6.92. The summed E-state index contributed by atoms with van der Waals surface area (Å²) >= 11 is 0. The van der Waals surface area contributed by atoms with Gasteiger partial charge in [0, 0.05) is 18.3 Å². The Hall–Kier alpha value is -5.54. The number of para-hydroxylation sites is 2. The van der Waals surface area contributed by atoms with Crippen LogP contribution >= 0.6 is 0 Å². The molecule has 0 radical (unpaired) electrons. The highest BCUT2D eigenvalue weighted by molar-refractivity contribution is 6.15. The zero-order valence-corrected chi connectivity index (χ0v) is 25.3. The van der Waals surface area contributed by atoms with Gasteiger partial charge in [0.1, 0.15) is 5.82 Å². The van der Waals surface area contributed by atoms with Crippen LogP contribution in [0.2, 0.25) is 0 Å². The molecule has 0 saturated carbocycles. The van der Waals surface area contributed by atoms with Gasteiger partial charge in [-0.3, -0.25) is 4.98 Å². The van der Waals surface area contributed by atoms with Crippen molar-refractivity contribution in [2.24, 2.45) is 0 Å². The lowest BCUT2D eigenvalue weighted by Crippen LogP contribution is -2.06. The first-order valence-electron chi connectivity index (χ1n) is 15.7. The lowest BCUT2D eigenvalue weighted by Gasteiger charge is -2.18. The first-order valence-corrected chi connectivity index (χ1v) is 15.7. The van der Waals surface area contributed by atoms with Crippen LogP contribution in [0, 0.1) is 6.92 Å². The van der Waals surface area contributed by atoms with Gasteiger partial charge >= 0.3 is 0 Å². The van der Waals surface area contributed by atoms with Crippen LogP contribution in [-0.2, 0) is 19.4 Å². The van der Waals surface area contributed by atoms with Crippen LogP contribution < -0.4 is 0 Å². The first kappa shape index (κ1) is 27.0. The molecule has 3 nitrogen and oxygen atoms in total. The van der Waals surface area contributed by atoms with Crippen LogP contribution in [-0.4, -0.2) is 14.5 Å². The van der Waals surface area contributed by atoms with Crippen molar-refractivity contribution in [3.8, 4) is 22.4 Å². The van der Waals surface area contributed by atoms with E-state index in [-0.39, 0.29) is 0 Å². The molecule has 2 aromatic heterocycles. The fraction of sp³-hybridized carbons (Fsp3) is 0.0952. The molecule has 0 spiro atoms. The van der Waals surface area contributed by atoms with Crippen LogP contribution in [0.4, 0.5) is 0 Å².